The van der Waals surface area contributed by atoms with Crippen LogP contribution in [0, 0.1) is 5.41 Å². The number of allylic oxidation sites excluding steroid dienone is 2. The summed E-state index contributed by atoms with van der Waals surface area (Å²) in [4.78, 5) is 25.0. The molecule has 134 valence electrons. The minimum Gasteiger partial charge on any atom is -0.465 e. The zero-order valence-electron chi connectivity index (χ0n) is 14.7. The molecule has 5 nitrogen and oxygen atoms in total. The van der Waals surface area contributed by atoms with Crippen molar-refractivity contribution in [2.24, 2.45) is 5.41 Å². The molecule has 0 bridgehead atoms. The van der Waals surface area contributed by atoms with Crippen LogP contribution in [0.4, 0.5) is 0 Å². The van der Waals surface area contributed by atoms with Crippen molar-refractivity contribution < 1.29 is 24.2 Å². The lowest BCUT2D eigenvalue weighted by atomic mass is 9.85. The van der Waals surface area contributed by atoms with Gasteiger partial charge in [0.15, 0.2) is 5.41 Å². The molecule has 1 aromatic carbocycles. The summed E-state index contributed by atoms with van der Waals surface area (Å²) in [6.45, 7) is 7.83. The van der Waals surface area contributed by atoms with Gasteiger partial charge in [-0.05, 0) is 43.4 Å². The molecule has 25 heavy (non-hydrogen) atoms. The molecule has 0 saturated heterocycles. The van der Waals surface area contributed by atoms with E-state index in [0.29, 0.717) is 0 Å². The number of aliphatic hydroxyl groups is 1. The van der Waals surface area contributed by atoms with Crippen molar-refractivity contribution in [3.05, 3.63) is 53.1 Å². The first-order chi connectivity index (χ1) is 12.0. The van der Waals surface area contributed by atoms with E-state index in [4.69, 9.17) is 14.6 Å². The third-order valence-corrected chi connectivity index (χ3v) is 4.30. The number of aliphatic hydroxyl groups excluding tert-OH is 1. The maximum absolute atomic E-state index is 12.5. The summed E-state index contributed by atoms with van der Waals surface area (Å²) < 4.78 is 10.3. The van der Waals surface area contributed by atoms with Gasteiger partial charge in [0.2, 0.25) is 0 Å². The van der Waals surface area contributed by atoms with Crippen LogP contribution in [-0.4, -0.2) is 30.3 Å². The van der Waals surface area contributed by atoms with E-state index in [9.17, 15) is 9.59 Å². The molecule has 1 saturated carbocycles. The van der Waals surface area contributed by atoms with Gasteiger partial charge in [0.25, 0.3) is 0 Å². The summed E-state index contributed by atoms with van der Waals surface area (Å²) in [5.74, 6) is -1.12. The molecule has 0 unspecified atom stereocenters. The van der Waals surface area contributed by atoms with E-state index in [0.717, 1.165) is 22.3 Å². The van der Waals surface area contributed by atoms with Crippen LogP contribution >= 0.6 is 0 Å². The summed E-state index contributed by atoms with van der Waals surface area (Å²) in [6, 6.07) is 7.41. The molecule has 0 amide bonds. The molecular weight excluding hydrogens is 320 g/mol. The summed E-state index contributed by atoms with van der Waals surface area (Å²) in [7, 11) is 0. The highest BCUT2D eigenvalue weighted by Gasteiger charge is 2.53. The van der Waals surface area contributed by atoms with E-state index in [-0.39, 0.29) is 32.7 Å². The summed E-state index contributed by atoms with van der Waals surface area (Å²) in [6.07, 6.45) is 2.32. The minimum absolute atomic E-state index is 0.0155. The molecule has 1 aromatic rings. The van der Waals surface area contributed by atoms with Gasteiger partial charge in [-0.25, -0.2) is 0 Å². The fraction of sp³-hybridized carbons (Fsp3) is 0.400. The van der Waals surface area contributed by atoms with E-state index < -0.39 is 17.4 Å². The topological polar surface area (TPSA) is 72.8 Å². The molecular formula is C20H24O5. The number of benzene rings is 1. The summed E-state index contributed by atoms with van der Waals surface area (Å²) in [5, 5.41) is 9.11. The van der Waals surface area contributed by atoms with Crippen molar-refractivity contribution in [3.63, 3.8) is 0 Å². The molecule has 0 aliphatic heterocycles. The SMILES string of the molecule is C=C1CC(C(=O)OCC)(C(=O)OCC)C/C1=C\c1ccc(CO)cc1. The van der Waals surface area contributed by atoms with E-state index >= 15 is 0 Å². The predicted octanol–water partition coefficient (Wildman–Crippen LogP) is 3.02. The quantitative estimate of drug-likeness (QED) is 0.634. The lowest BCUT2D eigenvalue weighted by molar-refractivity contribution is -0.171. The highest BCUT2D eigenvalue weighted by molar-refractivity contribution is 6.02. The fourth-order valence-corrected chi connectivity index (χ4v) is 2.97. The lowest BCUT2D eigenvalue weighted by Crippen LogP contribution is -2.39. The molecule has 0 radical (unpaired) electrons. The van der Waals surface area contributed by atoms with E-state index in [1.807, 2.05) is 30.3 Å². The Balaban J connectivity index is 2.33. The second kappa shape index (κ2) is 8.12. The van der Waals surface area contributed by atoms with Crippen molar-refractivity contribution in [3.8, 4) is 0 Å². The van der Waals surface area contributed by atoms with Crippen LogP contribution in [0.2, 0.25) is 0 Å². The number of carbonyl (C=O) groups excluding carboxylic acids is 2. The van der Waals surface area contributed by atoms with Gasteiger partial charge in [0.1, 0.15) is 0 Å². The number of hydrogen-bond donors (Lipinski definition) is 1. The Morgan fingerprint density at radius 1 is 1.12 bits per heavy atom. The third kappa shape index (κ3) is 3.99. The van der Waals surface area contributed by atoms with E-state index in [1.54, 1.807) is 13.8 Å². The molecule has 0 spiro atoms. The van der Waals surface area contributed by atoms with Crippen molar-refractivity contribution >= 4 is 18.0 Å². The standard InChI is InChI=1S/C20H24O5/c1-4-24-18(22)20(19(23)25-5-2)11-14(3)17(12-20)10-15-6-8-16(13-21)9-7-15/h6-10,21H,3-5,11-13H2,1-2H3/b17-10+. The van der Waals surface area contributed by atoms with Gasteiger partial charge in [0.05, 0.1) is 19.8 Å². The first kappa shape index (κ1) is 18.9. The Kier molecular flexibility index (Phi) is 6.15. The normalized spacial score (nSPS) is 17.6. The first-order valence-corrected chi connectivity index (χ1v) is 8.39. The van der Waals surface area contributed by atoms with Crippen molar-refractivity contribution in [2.75, 3.05) is 13.2 Å². The molecule has 1 aliphatic carbocycles. The second-order valence-electron chi connectivity index (χ2n) is 6.05. The van der Waals surface area contributed by atoms with Crippen LogP contribution in [0.5, 0.6) is 0 Å². The Bertz CT molecular complexity index is 667. The van der Waals surface area contributed by atoms with Gasteiger partial charge in [0, 0.05) is 0 Å². The molecule has 1 fully saturated rings. The molecule has 0 atom stereocenters. The highest BCUT2D eigenvalue weighted by atomic mass is 16.6. The Labute approximate surface area is 147 Å². The van der Waals surface area contributed by atoms with Gasteiger partial charge in [-0.3, -0.25) is 9.59 Å². The summed E-state index contributed by atoms with van der Waals surface area (Å²) >= 11 is 0. The van der Waals surface area contributed by atoms with Crippen molar-refractivity contribution in [1.29, 1.82) is 0 Å². The average molecular weight is 344 g/mol. The number of ether oxygens (including phenoxy) is 2. The lowest BCUT2D eigenvalue weighted by Gasteiger charge is -2.23. The molecule has 5 heteroatoms. The Morgan fingerprint density at radius 3 is 2.16 bits per heavy atom. The van der Waals surface area contributed by atoms with Gasteiger partial charge >= 0.3 is 11.9 Å². The van der Waals surface area contributed by atoms with Gasteiger partial charge in [-0.15, -0.1) is 0 Å². The van der Waals surface area contributed by atoms with Gasteiger partial charge in [-0.2, -0.15) is 0 Å². The zero-order valence-corrected chi connectivity index (χ0v) is 14.7. The van der Waals surface area contributed by atoms with Gasteiger partial charge in [-0.1, -0.05) is 42.5 Å². The van der Waals surface area contributed by atoms with Crippen LogP contribution < -0.4 is 0 Å². The van der Waals surface area contributed by atoms with E-state index in [1.165, 1.54) is 0 Å². The van der Waals surface area contributed by atoms with Crippen LogP contribution in [0.1, 0.15) is 37.8 Å². The third-order valence-electron chi connectivity index (χ3n) is 4.30. The highest BCUT2D eigenvalue weighted by Crippen LogP contribution is 2.47. The molecule has 1 N–H and O–H groups in total. The Hall–Kier alpha value is -2.40. The fourth-order valence-electron chi connectivity index (χ4n) is 2.97. The van der Waals surface area contributed by atoms with Crippen molar-refractivity contribution in [2.45, 2.75) is 33.3 Å². The smallest absolute Gasteiger partial charge is 0.324 e. The zero-order chi connectivity index (χ0) is 18.4. The van der Waals surface area contributed by atoms with Crippen LogP contribution in [0.25, 0.3) is 6.08 Å². The molecule has 0 aromatic heterocycles. The van der Waals surface area contributed by atoms with Crippen LogP contribution in [0.15, 0.2) is 42.0 Å². The largest absolute Gasteiger partial charge is 0.465 e. The number of hydrogen-bond acceptors (Lipinski definition) is 5. The number of carbonyl (C=O) groups is 2. The van der Waals surface area contributed by atoms with Gasteiger partial charge < -0.3 is 14.6 Å². The van der Waals surface area contributed by atoms with Crippen molar-refractivity contribution in [1.82, 2.24) is 0 Å². The number of esters is 2. The average Bonchev–Trinajstić information content (AvgIpc) is 2.94. The molecule has 2 rings (SSSR count). The minimum atomic E-state index is -1.35. The maximum Gasteiger partial charge on any atom is 0.324 e. The monoisotopic (exact) mass is 344 g/mol. The molecule has 1 aliphatic rings. The molecule has 0 heterocycles. The van der Waals surface area contributed by atoms with Crippen LogP contribution in [0.3, 0.4) is 0 Å². The number of rotatable bonds is 6. The first-order valence-electron chi connectivity index (χ1n) is 8.39. The summed E-state index contributed by atoms with van der Waals surface area (Å²) in [5.41, 5.74) is 1.95. The predicted molar refractivity (Wildman–Crippen MR) is 94.4 cm³/mol. The van der Waals surface area contributed by atoms with E-state index in [2.05, 4.69) is 6.58 Å². The Morgan fingerprint density at radius 2 is 1.68 bits per heavy atom. The maximum atomic E-state index is 12.5. The second-order valence-corrected chi connectivity index (χ2v) is 6.05. The van der Waals surface area contributed by atoms with Crippen LogP contribution in [-0.2, 0) is 25.7 Å².